The van der Waals surface area contributed by atoms with Gasteiger partial charge in [-0.3, -0.25) is 0 Å². The van der Waals surface area contributed by atoms with Gasteiger partial charge in [0.05, 0.1) is 6.61 Å². The first-order chi connectivity index (χ1) is 9.92. The Bertz CT molecular complexity index is 358. The van der Waals surface area contributed by atoms with E-state index in [1.807, 2.05) is 20.8 Å². The number of amides is 2. The molecule has 0 aromatic heterocycles. The lowest BCUT2D eigenvalue weighted by molar-refractivity contribution is -0.140. The van der Waals surface area contributed by atoms with Crippen LogP contribution in [0.1, 0.15) is 40.0 Å². The van der Waals surface area contributed by atoms with Crippen molar-refractivity contribution in [3.63, 3.8) is 0 Å². The molecule has 6 nitrogen and oxygen atoms in total. The van der Waals surface area contributed by atoms with Gasteiger partial charge in [-0.25, -0.2) is 9.59 Å². The van der Waals surface area contributed by atoms with Gasteiger partial charge in [0.25, 0.3) is 0 Å². The number of carboxylic acid groups (broad SMARTS) is 1. The first-order valence-corrected chi connectivity index (χ1v) is 7.71. The summed E-state index contributed by atoms with van der Waals surface area (Å²) < 4.78 is 5.06. The van der Waals surface area contributed by atoms with Crippen LogP contribution in [-0.2, 0) is 9.53 Å². The summed E-state index contributed by atoms with van der Waals surface area (Å²) in [5.74, 6) is -0.560. The Balaban J connectivity index is 2.71. The number of carboxylic acids is 1. The maximum Gasteiger partial charge on any atom is 0.326 e. The van der Waals surface area contributed by atoms with E-state index in [-0.39, 0.29) is 18.0 Å². The minimum atomic E-state index is -0.983. The average Bonchev–Trinajstić information content (AvgIpc) is 3.28. The Morgan fingerprint density at radius 1 is 1.38 bits per heavy atom. The lowest BCUT2D eigenvalue weighted by Crippen LogP contribution is -2.53. The molecule has 0 aromatic rings. The van der Waals surface area contributed by atoms with Crippen LogP contribution in [0.15, 0.2) is 0 Å². The summed E-state index contributed by atoms with van der Waals surface area (Å²) >= 11 is 0. The van der Waals surface area contributed by atoms with Gasteiger partial charge < -0.3 is 20.1 Å². The molecule has 21 heavy (non-hydrogen) atoms. The van der Waals surface area contributed by atoms with Gasteiger partial charge in [-0.2, -0.15) is 0 Å². The number of rotatable bonds is 9. The van der Waals surface area contributed by atoms with E-state index in [0.717, 1.165) is 12.8 Å². The maximum absolute atomic E-state index is 12.5. The van der Waals surface area contributed by atoms with Gasteiger partial charge in [0.1, 0.15) is 6.04 Å². The van der Waals surface area contributed by atoms with E-state index < -0.39 is 12.0 Å². The standard InChI is InChI=1S/C15H28N2O4/c1-5-10(2)13(14(18)19)16-15(20)17(8-9-21-4)11(3)12-6-7-12/h10-13H,5-9H2,1-4H3,(H,16,20)(H,18,19)/t10-,11?,13-/m0/s1. The van der Waals surface area contributed by atoms with Gasteiger partial charge in [-0.15, -0.1) is 0 Å². The minimum absolute atomic E-state index is 0.105. The predicted molar refractivity (Wildman–Crippen MR) is 80.2 cm³/mol. The highest BCUT2D eigenvalue weighted by Crippen LogP contribution is 2.35. The highest BCUT2D eigenvalue weighted by Gasteiger charge is 2.35. The lowest BCUT2D eigenvalue weighted by atomic mass is 9.99. The van der Waals surface area contributed by atoms with Crippen LogP contribution >= 0.6 is 0 Å². The van der Waals surface area contributed by atoms with Crippen molar-refractivity contribution in [3.05, 3.63) is 0 Å². The van der Waals surface area contributed by atoms with Crippen LogP contribution in [0.25, 0.3) is 0 Å². The molecular formula is C15H28N2O4. The summed E-state index contributed by atoms with van der Waals surface area (Å²) in [6.07, 6.45) is 2.96. The second-order valence-corrected chi connectivity index (χ2v) is 5.92. The Morgan fingerprint density at radius 2 is 2.00 bits per heavy atom. The fraction of sp³-hybridized carbons (Fsp3) is 0.867. The average molecular weight is 300 g/mol. The molecule has 2 N–H and O–H groups in total. The fourth-order valence-corrected chi connectivity index (χ4v) is 2.41. The number of hydrogen-bond donors (Lipinski definition) is 2. The molecule has 2 amide bonds. The summed E-state index contributed by atoms with van der Waals surface area (Å²) in [5.41, 5.74) is 0. The molecule has 1 aliphatic rings. The number of nitrogens with one attached hydrogen (secondary N) is 1. The topological polar surface area (TPSA) is 78.9 Å². The van der Waals surface area contributed by atoms with Crippen molar-refractivity contribution in [1.82, 2.24) is 10.2 Å². The summed E-state index contributed by atoms with van der Waals surface area (Å²) in [6, 6.07) is -1.04. The maximum atomic E-state index is 12.5. The number of carbonyl (C=O) groups excluding carboxylic acids is 1. The van der Waals surface area contributed by atoms with Crippen molar-refractivity contribution >= 4 is 12.0 Å². The van der Waals surface area contributed by atoms with Gasteiger partial charge in [-0.05, 0) is 31.6 Å². The van der Waals surface area contributed by atoms with E-state index in [4.69, 9.17) is 4.74 Å². The molecule has 0 heterocycles. The van der Waals surface area contributed by atoms with Gasteiger partial charge in [0.2, 0.25) is 0 Å². The SMILES string of the molecule is CC[C@H](C)[C@H](NC(=O)N(CCOC)C(C)C1CC1)C(=O)O. The Hall–Kier alpha value is -1.30. The number of methoxy groups -OCH3 is 1. The van der Waals surface area contributed by atoms with E-state index in [1.54, 1.807) is 12.0 Å². The van der Waals surface area contributed by atoms with Crippen LogP contribution in [0.2, 0.25) is 0 Å². The zero-order chi connectivity index (χ0) is 16.0. The highest BCUT2D eigenvalue weighted by molar-refractivity contribution is 5.83. The van der Waals surface area contributed by atoms with Crippen molar-refractivity contribution < 1.29 is 19.4 Å². The lowest BCUT2D eigenvalue weighted by Gasteiger charge is -2.31. The molecule has 0 bridgehead atoms. The molecule has 0 aliphatic heterocycles. The van der Waals surface area contributed by atoms with Gasteiger partial charge in [0.15, 0.2) is 0 Å². The predicted octanol–water partition coefficient (Wildman–Crippen LogP) is 1.94. The van der Waals surface area contributed by atoms with Crippen LogP contribution in [0.3, 0.4) is 0 Å². The van der Waals surface area contributed by atoms with E-state index in [0.29, 0.717) is 25.5 Å². The monoisotopic (exact) mass is 300 g/mol. The molecule has 1 unspecified atom stereocenters. The van der Waals surface area contributed by atoms with Gasteiger partial charge in [-0.1, -0.05) is 20.3 Å². The van der Waals surface area contributed by atoms with E-state index in [1.165, 1.54) is 0 Å². The van der Waals surface area contributed by atoms with Crippen molar-refractivity contribution in [2.75, 3.05) is 20.3 Å². The normalized spacial score (nSPS) is 18.7. The summed E-state index contributed by atoms with van der Waals surface area (Å²) in [5, 5.41) is 12.0. The van der Waals surface area contributed by atoms with Crippen molar-refractivity contribution in [2.24, 2.45) is 11.8 Å². The molecule has 122 valence electrons. The molecule has 1 rings (SSSR count). The van der Waals surface area contributed by atoms with E-state index >= 15 is 0 Å². The molecule has 6 heteroatoms. The van der Waals surface area contributed by atoms with Crippen molar-refractivity contribution in [1.29, 1.82) is 0 Å². The molecule has 1 saturated carbocycles. The first-order valence-electron chi connectivity index (χ1n) is 7.71. The zero-order valence-corrected chi connectivity index (χ0v) is 13.5. The van der Waals surface area contributed by atoms with Crippen molar-refractivity contribution in [2.45, 2.75) is 52.1 Å². The number of ether oxygens (including phenoxy) is 1. The van der Waals surface area contributed by atoms with E-state index in [9.17, 15) is 14.7 Å². The largest absolute Gasteiger partial charge is 0.480 e. The number of hydrogen-bond acceptors (Lipinski definition) is 3. The number of nitrogens with zero attached hydrogens (tertiary/aromatic N) is 1. The highest BCUT2D eigenvalue weighted by atomic mass is 16.5. The Morgan fingerprint density at radius 3 is 2.43 bits per heavy atom. The molecule has 0 saturated heterocycles. The van der Waals surface area contributed by atoms with E-state index in [2.05, 4.69) is 5.32 Å². The van der Waals surface area contributed by atoms with Crippen LogP contribution < -0.4 is 5.32 Å². The first kappa shape index (κ1) is 17.8. The third kappa shape index (κ3) is 5.19. The smallest absolute Gasteiger partial charge is 0.326 e. The number of carbonyl (C=O) groups is 2. The number of urea groups is 1. The minimum Gasteiger partial charge on any atom is -0.480 e. The number of aliphatic carboxylic acids is 1. The second-order valence-electron chi connectivity index (χ2n) is 5.92. The molecule has 0 radical (unpaired) electrons. The van der Waals surface area contributed by atoms with Crippen LogP contribution in [-0.4, -0.2) is 54.4 Å². The summed E-state index contributed by atoms with van der Waals surface area (Å²) in [7, 11) is 1.59. The fourth-order valence-electron chi connectivity index (χ4n) is 2.41. The quantitative estimate of drug-likeness (QED) is 0.682. The molecule has 3 atom stereocenters. The van der Waals surface area contributed by atoms with Gasteiger partial charge in [0, 0.05) is 19.7 Å². The molecule has 1 fully saturated rings. The van der Waals surface area contributed by atoms with Crippen LogP contribution in [0, 0.1) is 11.8 Å². The third-order valence-corrected chi connectivity index (χ3v) is 4.35. The Kier molecular flexibility index (Phi) is 6.95. The second kappa shape index (κ2) is 8.22. The third-order valence-electron chi connectivity index (χ3n) is 4.35. The Labute approximate surface area is 126 Å². The van der Waals surface area contributed by atoms with Gasteiger partial charge >= 0.3 is 12.0 Å². The molecule has 1 aliphatic carbocycles. The van der Waals surface area contributed by atoms with Crippen LogP contribution in [0.5, 0.6) is 0 Å². The van der Waals surface area contributed by atoms with Crippen LogP contribution in [0.4, 0.5) is 4.79 Å². The summed E-state index contributed by atoms with van der Waals surface area (Å²) in [6.45, 7) is 6.70. The van der Waals surface area contributed by atoms with Crippen molar-refractivity contribution in [3.8, 4) is 0 Å². The zero-order valence-electron chi connectivity index (χ0n) is 13.5. The summed E-state index contributed by atoms with van der Waals surface area (Å²) in [4.78, 5) is 25.5. The molecule has 0 spiro atoms. The molecular weight excluding hydrogens is 272 g/mol. The molecule has 0 aromatic carbocycles.